The van der Waals surface area contributed by atoms with E-state index < -0.39 is 5.82 Å². The molecule has 1 unspecified atom stereocenters. The van der Waals surface area contributed by atoms with Crippen LogP contribution in [-0.2, 0) is 0 Å². The Morgan fingerprint density at radius 2 is 2.29 bits per heavy atom. The minimum Gasteiger partial charge on any atom is -0.496 e. The van der Waals surface area contributed by atoms with Gasteiger partial charge in [0.1, 0.15) is 11.6 Å². The lowest BCUT2D eigenvalue weighted by Crippen LogP contribution is -2.22. The molecule has 1 saturated heterocycles. The number of hydrogen-bond donors (Lipinski definition) is 0. The van der Waals surface area contributed by atoms with Crippen LogP contribution in [0.3, 0.4) is 0 Å². The van der Waals surface area contributed by atoms with Crippen molar-refractivity contribution in [2.75, 3.05) is 12.9 Å². The van der Waals surface area contributed by atoms with Gasteiger partial charge in [0.2, 0.25) is 0 Å². The van der Waals surface area contributed by atoms with Crippen LogP contribution in [-0.4, -0.2) is 23.9 Å². The summed E-state index contributed by atoms with van der Waals surface area (Å²) >= 11 is 1.62. The summed E-state index contributed by atoms with van der Waals surface area (Å²) in [5.41, 5.74) is 0.106. The van der Waals surface area contributed by atoms with Crippen molar-refractivity contribution in [3.8, 4) is 5.75 Å². The molecule has 0 spiro atoms. The molecule has 1 aromatic carbocycles. The van der Waals surface area contributed by atoms with E-state index in [1.807, 2.05) is 0 Å². The molecule has 0 saturated carbocycles. The molecule has 1 aliphatic heterocycles. The fraction of sp³-hybridized carbons (Fsp3) is 0.462. The highest BCUT2D eigenvalue weighted by atomic mass is 32.2. The lowest BCUT2D eigenvalue weighted by atomic mass is 10.0. The van der Waals surface area contributed by atoms with Crippen molar-refractivity contribution in [1.82, 2.24) is 0 Å². The van der Waals surface area contributed by atoms with Gasteiger partial charge >= 0.3 is 0 Å². The molecule has 1 aliphatic rings. The highest BCUT2D eigenvalue weighted by Gasteiger charge is 2.27. The molecule has 17 heavy (non-hydrogen) atoms. The molecule has 2 nitrogen and oxygen atoms in total. The SMILES string of the molecule is COc1cccc(F)c1C(=O)C1CCCCS1. The van der Waals surface area contributed by atoms with E-state index in [1.54, 1.807) is 23.9 Å². The number of ether oxygens (including phenoxy) is 1. The van der Waals surface area contributed by atoms with E-state index in [2.05, 4.69) is 0 Å². The van der Waals surface area contributed by atoms with Crippen LogP contribution in [0, 0.1) is 5.82 Å². The fourth-order valence-corrected chi connectivity index (χ4v) is 3.28. The first-order valence-electron chi connectivity index (χ1n) is 5.72. The van der Waals surface area contributed by atoms with E-state index in [0.29, 0.717) is 5.75 Å². The maximum Gasteiger partial charge on any atom is 0.182 e. The molecule has 1 heterocycles. The van der Waals surface area contributed by atoms with E-state index in [0.717, 1.165) is 25.0 Å². The normalized spacial score (nSPS) is 20.0. The van der Waals surface area contributed by atoms with Gasteiger partial charge in [-0.3, -0.25) is 4.79 Å². The maximum absolute atomic E-state index is 13.7. The largest absolute Gasteiger partial charge is 0.496 e. The third-order valence-corrected chi connectivity index (χ3v) is 4.29. The number of carbonyl (C=O) groups is 1. The van der Waals surface area contributed by atoms with Gasteiger partial charge in [-0.25, -0.2) is 4.39 Å². The first-order valence-corrected chi connectivity index (χ1v) is 6.77. The minimum absolute atomic E-state index is 0.106. The Morgan fingerprint density at radius 3 is 2.94 bits per heavy atom. The van der Waals surface area contributed by atoms with Crippen LogP contribution in [0.15, 0.2) is 18.2 Å². The number of benzene rings is 1. The zero-order valence-electron chi connectivity index (χ0n) is 9.74. The Hall–Kier alpha value is -1.03. The second kappa shape index (κ2) is 5.54. The second-order valence-corrected chi connectivity index (χ2v) is 5.35. The predicted octanol–water partition coefficient (Wildman–Crippen LogP) is 3.30. The zero-order valence-corrected chi connectivity index (χ0v) is 10.6. The van der Waals surface area contributed by atoms with Crippen LogP contribution in [0.4, 0.5) is 4.39 Å². The van der Waals surface area contributed by atoms with Gasteiger partial charge in [-0.05, 0) is 30.7 Å². The lowest BCUT2D eigenvalue weighted by Gasteiger charge is -2.21. The molecule has 4 heteroatoms. The number of rotatable bonds is 3. The number of Topliss-reactive ketones (excluding diaryl/α,β-unsaturated/α-hetero) is 1. The summed E-state index contributed by atoms with van der Waals surface area (Å²) in [5.74, 6) is 0.694. The third kappa shape index (κ3) is 2.63. The van der Waals surface area contributed by atoms with E-state index in [9.17, 15) is 9.18 Å². The lowest BCUT2D eigenvalue weighted by molar-refractivity contribution is 0.0977. The van der Waals surface area contributed by atoms with Crippen molar-refractivity contribution in [3.63, 3.8) is 0 Å². The molecule has 1 atom stereocenters. The first kappa shape index (κ1) is 12.4. The Bertz CT molecular complexity index is 414. The highest BCUT2D eigenvalue weighted by Crippen LogP contribution is 2.31. The second-order valence-electron chi connectivity index (χ2n) is 4.04. The van der Waals surface area contributed by atoms with E-state index in [1.165, 1.54) is 13.2 Å². The van der Waals surface area contributed by atoms with Gasteiger partial charge < -0.3 is 4.74 Å². The maximum atomic E-state index is 13.7. The average Bonchev–Trinajstić information content (AvgIpc) is 2.38. The van der Waals surface area contributed by atoms with Crippen molar-refractivity contribution in [2.45, 2.75) is 24.5 Å². The van der Waals surface area contributed by atoms with Gasteiger partial charge in [0.15, 0.2) is 5.78 Å². The smallest absolute Gasteiger partial charge is 0.182 e. The van der Waals surface area contributed by atoms with Gasteiger partial charge in [-0.1, -0.05) is 12.5 Å². The van der Waals surface area contributed by atoms with Crippen LogP contribution in [0.5, 0.6) is 5.75 Å². The highest BCUT2D eigenvalue weighted by molar-refractivity contribution is 8.00. The molecule has 0 radical (unpaired) electrons. The Morgan fingerprint density at radius 1 is 1.47 bits per heavy atom. The fourth-order valence-electron chi connectivity index (χ4n) is 2.02. The molecule has 1 aromatic rings. The molecule has 2 rings (SSSR count). The Labute approximate surface area is 105 Å². The van der Waals surface area contributed by atoms with Gasteiger partial charge in [-0.2, -0.15) is 11.8 Å². The van der Waals surface area contributed by atoms with Gasteiger partial charge in [0.05, 0.1) is 17.9 Å². The number of ketones is 1. The average molecular weight is 254 g/mol. The third-order valence-electron chi connectivity index (χ3n) is 2.91. The number of carbonyl (C=O) groups excluding carboxylic acids is 1. The number of thioether (sulfide) groups is 1. The molecule has 1 fully saturated rings. The molecule has 92 valence electrons. The van der Waals surface area contributed by atoms with Crippen LogP contribution >= 0.6 is 11.8 Å². The summed E-state index contributed by atoms with van der Waals surface area (Å²) in [6.45, 7) is 0. The zero-order chi connectivity index (χ0) is 12.3. The summed E-state index contributed by atoms with van der Waals surface area (Å²) < 4.78 is 18.8. The van der Waals surface area contributed by atoms with Crippen LogP contribution in [0.2, 0.25) is 0 Å². The first-order chi connectivity index (χ1) is 8.24. The van der Waals surface area contributed by atoms with Crippen molar-refractivity contribution >= 4 is 17.5 Å². The molecule has 0 aliphatic carbocycles. The summed E-state index contributed by atoms with van der Waals surface area (Å²) in [7, 11) is 1.46. The Kier molecular flexibility index (Phi) is 4.05. The van der Waals surface area contributed by atoms with E-state index in [-0.39, 0.29) is 16.6 Å². The van der Waals surface area contributed by atoms with Crippen molar-refractivity contribution in [1.29, 1.82) is 0 Å². The number of halogens is 1. The Balaban J connectivity index is 2.29. The van der Waals surface area contributed by atoms with Crippen LogP contribution < -0.4 is 4.74 Å². The molecular weight excluding hydrogens is 239 g/mol. The molecule has 0 amide bonds. The van der Waals surface area contributed by atoms with Crippen molar-refractivity contribution in [3.05, 3.63) is 29.6 Å². The van der Waals surface area contributed by atoms with Crippen molar-refractivity contribution < 1.29 is 13.9 Å². The summed E-state index contributed by atoms with van der Waals surface area (Å²) in [4.78, 5) is 12.3. The van der Waals surface area contributed by atoms with Gasteiger partial charge in [0.25, 0.3) is 0 Å². The molecule has 0 aromatic heterocycles. The minimum atomic E-state index is -0.486. The quantitative estimate of drug-likeness (QED) is 0.774. The van der Waals surface area contributed by atoms with Gasteiger partial charge in [-0.15, -0.1) is 0 Å². The van der Waals surface area contributed by atoms with E-state index >= 15 is 0 Å². The summed E-state index contributed by atoms with van der Waals surface area (Å²) in [6.07, 6.45) is 3.02. The monoisotopic (exact) mass is 254 g/mol. The molecule has 0 bridgehead atoms. The number of methoxy groups -OCH3 is 1. The van der Waals surface area contributed by atoms with E-state index in [4.69, 9.17) is 4.74 Å². The van der Waals surface area contributed by atoms with Crippen molar-refractivity contribution in [2.24, 2.45) is 0 Å². The molecular formula is C13H15FO2S. The molecule has 0 N–H and O–H groups in total. The van der Waals surface area contributed by atoms with Crippen LogP contribution in [0.1, 0.15) is 29.6 Å². The number of hydrogen-bond acceptors (Lipinski definition) is 3. The van der Waals surface area contributed by atoms with Crippen LogP contribution in [0.25, 0.3) is 0 Å². The summed E-state index contributed by atoms with van der Waals surface area (Å²) in [6, 6.07) is 4.49. The topological polar surface area (TPSA) is 26.3 Å². The summed E-state index contributed by atoms with van der Waals surface area (Å²) in [5, 5.41) is -0.116. The van der Waals surface area contributed by atoms with Gasteiger partial charge in [0, 0.05) is 0 Å². The predicted molar refractivity (Wildman–Crippen MR) is 67.4 cm³/mol. The standard InChI is InChI=1S/C13H15FO2S/c1-16-10-6-4-5-9(14)12(10)13(15)11-7-2-3-8-17-11/h4-6,11H,2-3,7-8H2,1H3.